The molecule has 0 bridgehead atoms. The van der Waals surface area contributed by atoms with Crippen molar-refractivity contribution in [1.82, 2.24) is 0 Å². The fraction of sp³-hybridized carbons (Fsp3) is 0.182. The fourth-order valence-corrected chi connectivity index (χ4v) is 1.57. The number of aliphatic hydroxyl groups excluding tert-OH is 1. The van der Waals surface area contributed by atoms with E-state index >= 15 is 0 Å². The Hall–Kier alpha value is -1.39. The van der Waals surface area contributed by atoms with Gasteiger partial charge in [0.2, 0.25) is 0 Å². The summed E-state index contributed by atoms with van der Waals surface area (Å²) in [5.74, 6) is 1.14. The highest BCUT2D eigenvalue weighted by molar-refractivity contribution is 7.80. The number of hydrogen-bond acceptors (Lipinski definition) is 4. The molecule has 0 aromatic carbocycles. The maximum atomic E-state index is 9.76. The number of thiocarbonyl (C=S) groups is 1. The Kier molecular flexibility index (Phi) is 2.99. The highest BCUT2D eigenvalue weighted by Gasteiger charge is 2.15. The molecule has 4 heteroatoms. The first-order valence-electron chi connectivity index (χ1n) is 4.55. The topological polar surface area (TPSA) is 46.5 Å². The molecule has 0 amide bonds. The zero-order chi connectivity index (χ0) is 10.7. The molecule has 1 atom stereocenters. The Morgan fingerprint density at radius 1 is 1.27 bits per heavy atom. The van der Waals surface area contributed by atoms with Crippen molar-refractivity contribution in [2.45, 2.75) is 12.5 Å². The number of aliphatic hydroxyl groups is 1. The molecule has 0 saturated carbocycles. The molecule has 3 nitrogen and oxygen atoms in total. The van der Waals surface area contributed by atoms with E-state index in [1.165, 1.54) is 6.26 Å². The molecule has 1 N–H and O–H groups in total. The van der Waals surface area contributed by atoms with Crippen molar-refractivity contribution in [1.29, 1.82) is 0 Å². The molecule has 0 radical (unpaired) electrons. The Bertz CT molecular complexity index is 417. The summed E-state index contributed by atoms with van der Waals surface area (Å²) < 4.78 is 10.2. The summed E-state index contributed by atoms with van der Waals surface area (Å²) >= 11 is 5.13. The molecule has 2 rings (SSSR count). The monoisotopic (exact) mass is 222 g/mol. The lowest BCUT2D eigenvalue weighted by Crippen LogP contribution is -2.04. The van der Waals surface area contributed by atoms with Crippen molar-refractivity contribution in [2.24, 2.45) is 0 Å². The number of furan rings is 2. The summed E-state index contributed by atoms with van der Waals surface area (Å²) in [4.78, 5) is 0.587. The lowest BCUT2D eigenvalue weighted by molar-refractivity contribution is 0.158. The van der Waals surface area contributed by atoms with Crippen LogP contribution in [0.1, 0.15) is 24.0 Å². The molecule has 0 aliphatic rings. The van der Waals surface area contributed by atoms with Crippen molar-refractivity contribution < 1.29 is 13.9 Å². The van der Waals surface area contributed by atoms with Gasteiger partial charge in [0, 0.05) is 6.42 Å². The highest BCUT2D eigenvalue weighted by atomic mass is 32.1. The minimum Gasteiger partial charge on any atom is -0.467 e. The second-order valence-electron chi connectivity index (χ2n) is 3.14. The van der Waals surface area contributed by atoms with Crippen LogP contribution in [0.3, 0.4) is 0 Å². The van der Waals surface area contributed by atoms with E-state index in [1.54, 1.807) is 30.5 Å². The zero-order valence-corrected chi connectivity index (χ0v) is 8.74. The van der Waals surface area contributed by atoms with Crippen LogP contribution in [0.15, 0.2) is 45.6 Å². The predicted molar refractivity (Wildman–Crippen MR) is 58.7 cm³/mol. The van der Waals surface area contributed by atoms with E-state index in [-0.39, 0.29) is 0 Å². The first-order valence-corrected chi connectivity index (χ1v) is 4.96. The van der Waals surface area contributed by atoms with E-state index in [1.807, 2.05) is 0 Å². The molecule has 0 spiro atoms. The fourth-order valence-electron chi connectivity index (χ4n) is 1.29. The molecule has 0 fully saturated rings. The molecule has 2 aromatic rings. The van der Waals surface area contributed by atoms with Crippen molar-refractivity contribution in [2.75, 3.05) is 0 Å². The smallest absolute Gasteiger partial charge is 0.140 e. The normalized spacial score (nSPS) is 12.6. The Labute approximate surface area is 92.3 Å². The average Bonchev–Trinajstić information content (AvgIpc) is 2.91. The predicted octanol–water partition coefficient (Wildman–Crippen LogP) is 2.71. The lowest BCUT2D eigenvalue weighted by atomic mass is 10.1. The van der Waals surface area contributed by atoms with E-state index in [0.29, 0.717) is 22.8 Å². The van der Waals surface area contributed by atoms with Gasteiger partial charge in [0.15, 0.2) is 0 Å². The summed E-state index contributed by atoms with van der Waals surface area (Å²) in [6.45, 7) is 0. The van der Waals surface area contributed by atoms with Gasteiger partial charge in [0.25, 0.3) is 0 Å². The second kappa shape index (κ2) is 4.42. The third-order valence-corrected chi connectivity index (χ3v) is 2.41. The van der Waals surface area contributed by atoms with Crippen LogP contribution in [0.4, 0.5) is 0 Å². The molecule has 2 aromatic heterocycles. The first kappa shape index (κ1) is 10.1. The van der Waals surface area contributed by atoms with Gasteiger partial charge in [-0.1, -0.05) is 12.2 Å². The summed E-state index contributed by atoms with van der Waals surface area (Å²) in [5.41, 5.74) is 0. The van der Waals surface area contributed by atoms with Crippen LogP contribution in [-0.4, -0.2) is 9.97 Å². The van der Waals surface area contributed by atoms with Crippen molar-refractivity contribution >= 4 is 17.1 Å². The number of rotatable bonds is 4. The third-order valence-electron chi connectivity index (χ3n) is 2.05. The van der Waals surface area contributed by atoms with Crippen molar-refractivity contribution in [3.8, 4) is 0 Å². The molecular formula is C11H10O3S. The molecule has 78 valence electrons. The molecule has 0 saturated heterocycles. The van der Waals surface area contributed by atoms with Gasteiger partial charge in [-0.25, -0.2) is 0 Å². The molecule has 0 aliphatic carbocycles. The quantitative estimate of drug-likeness (QED) is 0.638. The van der Waals surface area contributed by atoms with E-state index in [0.717, 1.165) is 0 Å². The van der Waals surface area contributed by atoms with Gasteiger partial charge in [-0.05, 0) is 24.3 Å². The van der Waals surface area contributed by atoms with Gasteiger partial charge in [-0.3, -0.25) is 0 Å². The molecular weight excluding hydrogens is 212 g/mol. The Morgan fingerprint density at radius 3 is 2.60 bits per heavy atom. The summed E-state index contributed by atoms with van der Waals surface area (Å²) in [6, 6.07) is 6.99. The first-order chi connectivity index (χ1) is 7.27. The molecule has 0 aliphatic heterocycles. The SMILES string of the molecule is OC(CC(=S)c1ccco1)c1ccco1. The number of hydrogen-bond donors (Lipinski definition) is 1. The summed E-state index contributed by atoms with van der Waals surface area (Å²) in [7, 11) is 0. The maximum absolute atomic E-state index is 9.76. The largest absolute Gasteiger partial charge is 0.467 e. The molecule has 1 unspecified atom stereocenters. The van der Waals surface area contributed by atoms with Crippen LogP contribution in [0.25, 0.3) is 0 Å². The Morgan fingerprint density at radius 2 is 2.00 bits per heavy atom. The second-order valence-corrected chi connectivity index (χ2v) is 3.63. The average molecular weight is 222 g/mol. The minimum atomic E-state index is -0.711. The van der Waals surface area contributed by atoms with E-state index < -0.39 is 6.10 Å². The van der Waals surface area contributed by atoms with Gasteiger partial charge >= 0.3 is 0 Å². The van der Waals surface area contributed by atoms with Gasteiger partial charge in [0.1, 0.15) is 17.6 Å². The van der Waals surface area contributed by atoms with Gasteiger partial charge in [-0.15, -0.1) is 0 Å². The minimum absolute atomic E-state index is 0.330. The van der Waals surface area contributed by atoms with Crippen LogP contribution < -0.4 is 0 Å². The Balaban J connectivity index is 2.01. The van der Waals surface area contributed by atoms with Gasteiger partial charge in [-0.2, -0.15) is 0 Å². The summed E-state index contributed by atoms with van der Waals surface area (Å²) in [5, 5.41) is 9.76. The van der Waals surface area contributed by atoms with Crippen LogP contribution in [-0.2, 0) is 0 Å². The highest BCUT2D eigenvalue weighted by Crippen LogP contribution is 2.20. The molecule has 15 heavy (non-hydrogen) atoms. The van der Waals surface area contributed by atoms with Gasteiger partial charge in [0.05, 0.1) is 17.4 Å². The maximum Gasteiger partial charge on any atom is 0.140 e. The standard InChI is InChI=1S/C11H10O3S/c12-8(9-3-1-5-13-9)7-11(15)10-4-2-6-14-10/h1-6,8,12H,7H2. The summed E-state index contributed by atoms with van der Waals surface area (Å²) in [6.07, 6.45) is 2.70. The van der Waals surface area contributed by atoms with Crippen LogP contribution >= 0.6 is 12.2 Å². The van der Waals surface area contributed by atoms with E-state index in [2.05, 4.69) is 0 Å². The van der Waals surface area contributed by atoms with Crippen molar-refractivity contribution in [3.05, 3.63) is 48.3 Å². The van der Waals surface area contributed by atoms with Crippen LogP contribution in [0, 0.1) is 0 Å². The van der Waals surface area contributed by atoms with E-state index in [9.17, 15) is 5.11 Å². The van der Waals surface area contributed by atoms with Crippen LogP contribution in [0.2, 0.25) is 0 Å². The van der Waals surface area contributed by atoms with Gasteiger partial charge < -0.3 is 13.9 Å². The van der Waals surface area contributed by atoms with Crippen LogP contribution in [0.5, 0.6) is 0 Å². The third kappa shape index (κ3) is 2.34. The lowest BCUT2D eigenvalue weighted by Gasteiger charge is -2.06. The zero-order valence-electron chi connectivity index (χ0n) is 7.92. The van der Waals surface area contributed by atoms with Crippen molar-refractivity contribution in [3.63, 3.8) is 0 Å². The molecule has 2 heterocycles. The van der Waals surface area contributed by atoms with E-state index in [4.69, 9.17) is 21.1 Å².